The average molecular weight is 443 g/mol. The van der Waals surface area contributed by atoms with Crippen molar-refractivity contribution in [2.24, 2.45) is 5.41 Å². The van der Waals surface area contributed by atoms with Crippen LogP contribution in [0.25, 0.3) is 0 Å². The fourth-order valence-electron chi connectivity index (χ4n) is 3.94. The standard InChI is InChI=1S/C16H34O10Si2/c1-12(21-3,22-4)15(27,25-7)14(11(19)20,9-10(17)18)16(28,26-8)13(2,23-5)24-6/h9H2,1-8,27-28H3,(H,17,18)(H,19,20). The number of ether oxygens (including phenoxy) is 6. The van der Waals surface area contributed by atoms with Gasteiger partial charge in [0.05, 0.1) is 26.9 Å². The Labute approximate surface area is 171 Å². The van der Waals surface area contributed by atoms with E-state index in [0.717, 1.165) is 0 Å². The van der Waals surface area contributed by atoms with Gasteiger partial charge in [0.15, 0.2) is 11.6 Å². The molecule has 0 aromatic rings. The van der Waals surface area contributed by atoms with Crippen LogP contribution in [0.15, 0.2) is 0 Å². The molecule has 0 radical (unpaired) electrons. The quantitative estimate of drug-likeness (QED) is 0.243. The lowest BCUT2D eigenvalue weighted by molar-refractivity contribution is -0.352. The molecule has 28 heavy (non-hydrogen) atoms. The summed E-state index contributed by atoms with van der Waals surface area (Å²) in [6.07, 6.45) is -0.846. The molecule has 0 aliphatic carbocycles. The monoisotopic (exact) mass is 442 g/mol. The Balaban J connectivity index is 7.56. The fourth-order valence-corrected chi connectivity index (χ4v) is 7.00. The molecule has 10 nitrogen and oxygen atoms in total. The largest absolute Gasteiger partial charge is 0.481 e. The van der Waals surface area contributed by atoms with Crippen molar-refractivity contribution in [3.8, 4) is 0 Å². The Morgan fingerprint density at radius 1 is 0.714 bits per heavy atom. The molecule has 0 aromatic carbocycles. The number of hydrogen-bond acceptors (Lipinski definition) is 8. The number of carboxylic acid groups (broad SMARTS) is 2. The van der Waals surface area contributed by atoms with Crippen LogP contribution in [-0.4, -0.2) is 107 Å². The van der Waals surface area contributed by atoms with Crippen molar-refractivity contribution in [3.63, 3.8) is 0 Å². The van der Waals surface area contributed by atoms with E-state index in [1.165, 1.54) is 56.5 Å². The molecule has 0 rings (SSSR count). The summed E-state index contributed by atoms with van der Waals surface area (Å²) < 4.78 is 33.5. The summed E-state index contributed by atoms with van der Waals surface area (Å²) in [4.78, 5) is 24.9. The molecule has 0 saturated carbocycles. The smallest absolute Gasteiger partial charge is 0.315 e. The predicted molar refractivity (Wildman–Crippen MR) is 107 cm³/mol. The van der Waals surface area contributed by atoms with Gasteiger partial charge in [0.25, 0.3) is 0 Å². The van der Waals surface area contributed by atoms with Crippen molar-refractivity contribution in [2.75, 3.05) is 42.7 Å². The van der Waals surface area contributed by atoms with E-state index in [9.17, 15) is 19.8 Å². The highest BCUT2D eigenvalue weighted by Gasteiger charge is 2.76. The molecular weight excluding hydrogens is 408 g/mol. The highest BCUT2D eigenvalue weighted by molar-refractivity contribution is 6.24. The zero-order valence-corrected chi connectivity index (χ0v) is 22.4. The second-order valence-corrected chi connectivity index (χ2v) is 9.78. The number of methoxy groups -OCH3 is 6. The van der Waals surface area contributed by atoms with Gasteiger partial charge in [0, 0.05) is 42.7 Å². The van der Waals surface area contributed by atoms with Crippen molar-refractivity contribution in [3.05, 3.63) is 0 Å². The molecule has 0 saturated heterocycles. The summed E-state index contributed by atoms with van der Waals surface area (Å²) in [6, 6.07) is 0. The van der Waals surface area contributed by atoms with Crippen molar-refractivity contribution in [1.29, 1.82) is 0 Å². The Morgan fingerprint density at radius 2 is 1.00 bits per heavy atom. The van der Waals surface area contributed by atoms with Gasteiger partial charge in [0.2, 0.25) is 0 Å². The maximum atomic E-state index is 12.9. The van der Waals surface area contributed by atoms with Gasteiger partial charge in [-0.2, -0.15) is 0 Å². The third-order valence-corrected chi connectivity index (χ3v) is 10.9. The Hall–Kier alpha value is -0.866. The van der Waals surface area contributed by atoms with E-state index in [2.05, 4.69) is 0 Å². The van der Waals surface area contributed by atoms with E-state index in [0.29, 0.717) is 0 Å². The zero-order valence-electron chi connectivity index (χ0n) is 18.4. The lowest BCUT2D eigenvalue weighted by atomic mass is 9.66. The SMILES string of the molecule is COC(C)(OC)C([SiH3])(OC)C(CC(=O)O)(C(=O)O)C([SiH3])(OC)C(C)(OC)OC. The maximum absolute atomic E-state index is 12.9. The lowest BCUT2D eigenvalue weighted by Crippen LogP contribution is -2.81. The molecule has 0 fully saturated rings. The van der Waals surface area contributed by atoms with E-state index in [1.807, 2.05) is 0 Å². The Bertz CT molecular complexity index is 532. The summed E-state index contributed by atoms with van der Waals surface area (Å²) in [5, 5.41) is 16.8. The van der Waals surface area contributed by atoms with Gasteiger partial charge in [0.1, 0.15) is 15.9 Å². The van der Waals surface area contributed by atoms with E-state index in [1.54, 1.807) is 0 Å². The molecule has 12 heteroatoms. The van der Waals surface area contributed by atoms with Crippen LogP contribution in [0.5, 0.6) is 0 Å². The van der Waals surface area contributed by atoms with Crippen molar-refractivity contribution in [1.82, 2.24) is 0 Å². The minimum atomic E-state index is -2.20. The van der Waals surface area contributed by atoms with Crippen LogP contribution in [-0.2, 0) is 38.0 Å². The number of rotatable bonds is 13. The van der Waals surface area contributed by atoms with Crippen LogP contribution in [0.2, 0.25) is 0 Å². The molecule has 0 aliphatic rings. The molecule has 0 spiro atoms. The topological polar surface area (TPSA) is 130 Å². The van der Waals surface area contributed by atoms with Crippen LogP contribution in [0.4, 0.5) is 0 Å². The first-order valence-corrected chi connectivity index (χ1v) is 10.5. The molecule has 0 amide bonds. The first-order chi connectivity index (χ1) is 12.7. The van der Waals surface area contributed by atoms with Gasteiger partial charge in [-0.15, -0.1) is 0 Å². The highest BCUT2D eigenvalue weighted by atomic mass is 28.2. The second kappa shape index (κ2) is 9.30. The van der Waals surface area contributed by atoms with E-state index < -0.39 is 45.8 Å². The predicted octanol–water partition coefficient (Wildman–Crippen LogP) is -2.03. The molecule has 2 atom stereocenters. The number of carbonyl (C=O) groups is 2. The van der Waals surface area contributed by atoms with Crippen LogP contribution in [0, 0.1) is 5.41 Å². The molecule has 2 N–H and O–H groups in total. The number of aliphatic carboxylic acids is 2. The highest BCUT2D eigenvalue weighted by Crippen LogP contribution is 2.55. The summed E-state index contributed by atoms with van der Waals surface area (Å²) in [5.74, 6) is -6.04. The van der Waals surface area contributed by atoms with Gasteiger partial charge >= 0.3 is 11.9 Å². The van der Waals surface area contributed by atoms with E-state index >= 15 is 0 Å². The van der Waals surface area contributed by atoms with E-state index in [-0.39, 0.29) is 20.5 Å². The molecule has 0 aromatic heterocycles. The van der Waals surface area contributed by atoms with Crippen LogP contribution in [0.1, 0.15) is 20.3 Å². The Kier molecular flexibility index (Phi) is 9.01. The van der Waals surface area contributed by atoms with Gasteiger partial charge < -0.3 is 38.6 Å². The number of carboxylic acids is 2. The van der Waals surface area contributed by atoms with Gasteiger partial charge in [-0.05, 0) is 13.8 Å². The molecular formula is C16H34O10Si2. The fraction of sp³-hybridized carbons (Fsp3) is 0.875. The van der Waals surface area contributed by atoms with Crippen molar-refractivity contribution < 1.29 is 48.2 Å². The van der Waals surface area contributed by atoms with Gasteiger partial charge in [-0.25, -0.2) is 0 Å². The van der Waals surface area contributed by atoms with Crippen LogP contribution >= 0.6 is 0 Å². The second-order valence-electron chi connectivity index (χ2n) is 6.96. The summed E-state index contributed by atoms with van der Waals surface area (Å²) in [7, 11) is 7.89. The third-order valence-electron chi connectivity index (χ3n) is 6.52. The third kappa shape index (κ3) is 3.56. The first kappa shape index (κ1) is 27.1. The zero-order chi connectivity index (χ0) is 22.6. The maximum Gasteiger partial charge on any atom is 0.315 e. The van der Waals surface area contributed by atoms with E-state index in [4.69, 9.17) is 28.4 Å². The molecule has 166 valence electrons. The van der Waals surface area contributed by atoms with Gasteiger partial charge in [-0.1, -0.05) is 0 Å². The molecule has 2 unspecified atom stereocenters. The minimum Gasteiger partial charge on any atom is -0.481 e. The van der Waals surface area contributed by atoms with Crippen molar-refractivity contribution in [2.45, 2.75) is 42.3 Å². The number of hydrogen-bond donors (Lipinski definition) is 2. The molecule has 0 heterocycles. The molecule has 0 aliphatic heterocycles. The average Bonchev–Trinajstić information content (AvgIpc) is 2.68. The Morgan fingerprint density at radius 3 is 1.14 bits per heavy atom. The summed E-state index contributed by atoms with van der Waals surface area (Å²) in [6.45, 7) is 3.00. The summed E-state index contributed by atoms with van der Waals surface area (Å²) >= 11 is 0. The van der Waals surface area contributed by atoms with Gasteiger partial charge in [-0.3, -0.25) is 9.59 Å². The first-order valence-electron chi connectivity index (χ1n) is 8.49. The minimum absolute atomic E-state index is 0.00455. The van der Waals surface area contributed by atoms with Crippen LogP contribution in [0.3, 0.4) is 0 Å². The normalized spacial score (nSPS) is 19.6. The molecule has 0 bridgehead atoms. The lowest BCUT2D eigenvalue weighted by Gasteiger charge is -2.61. The van der Waals surface area contributed by atoms with Crippen molar-refractivity contribution >= 4 is 32.4 Å². The van der Waals surface area contributed by atoms with Crippen LogP contribution < -0.4 is 0 Å². The summed E-state index contributed by atoms with van der Waals surface area (Å²) in [5.41, 5.74) is -2.20.